The Morgan fingerprint density at radius 3 is 2.62 bits per heavy atom. The van der Waals surface area contributed by atoms with E-state index < -0.39 is 11.9 Å². The second-order valence-electron chi connectivity index (χ2n) is 5.07. The molecule has 0 fully saturated rings. The molecule has 2 rings (SSSR count). The van der Waals surface area contributed by atoms with Crippen LogP contribution in [0.5, 0.6) is 0 Å². The van der Waals surface area contributed by atoms with E-state index in [0.29, 0.717) is 5.76 Å². The third kappa shape index (κ3) is 3.78. The Morgan fingerprint density at radius 2 is 2.04 bits per heavy atom. The van der Waals surface area contributed by atoms with Gasteiger partial charge in [-0.05, 0) is 24.6 Å². The van der Waals surface area contributed by atoms with Crippen LogP contribution < -0.4 is 5.73 Å². The van der Waals surface area contributed by atoms with Crippen molar-refractivity contribution in [2.45, 2.75) is 12.8 Å². The lowest BCUT2D eigenvalue weighted by molar-refractivity contribution is -0.140. The third-order valence-electron chi connectivity index (χ3n) is 3.55. The Labute approximate surface area is 148 Å². The van der Waals surface area contributed by atoms with Crippen LogP contribution in [0, 0.1) is 11.3 Å². The Bertz CT molecular complexity index is 732. The Morgan fingerprint density at radius 1 is 1.38 bits per heavy atom. The van der Waals surface area contributed by atoms with Gasteiger partial charge in [-0.3, -0.25) is 0 Å². The molecule has 0 saturated carbocycles. The van der Waals surface area contributed by atoms with Gasteiger partial charge in [0.25, 0.3) is 0 Å². The monoisotopic (exact) mass is 392 g/mol. The van der Waals surface area contributed by atoms with E-state index in [4.69, 9.17) is 19.9 Å². The van der Waals surface area contributed by atoms with Gasteiger partial charge in [-0.15, -0.1) is 0 Å². The molecule has 1 atom stereocenters. The van der Waals surface area contributed by atoms with Crippen LogP contribution in [0.15, 0.2) is 51.5 Å². The first-order valence-corrected chi connectivity index (χ1v) is 7.98. The van der Waals surface area contributed by atoms with Gasteiger partial charge >= 0.3 is 5.97 Å². The van der Waals surface area contributed by atoms with Crippen molar-refractivity contribution >= 4 is 21.9 Å². The minimum Gasteiger partial charge on any atom is -0.460 e. The molecule has 0 radical (unpaired) electrons. The number of halogens is 1. The smallest absolute Gasteiger partial charge is 0.338 e. The summed E-state index contributed by atoms with van der Waals surface area (Å²) in [5.41, 5.74) is 7.04. The Kier molecular flexibility index (Phi) is 6.01. The molecule has 0 bridgehead atoms. The number of methoxy groups -OCH3 is 1. The number of rotatable bonds is 5. The summed E-state index contributed by atoms with van der Waals surface area (Å²) in [6, 6.07) is 9.35. The molecule has 0 amide bonds. The van der Waals surface area contributed by atoms with Crippen LogP contribution in [0.25, 0.3) is 0 Å². The fourth-order valence-electron chi connectivity index (χ4n) is 2.43. The molecule has 6 nitrogen and oxygen atoms in total. The van der Waals surface area contributed by atoms with Gasteiger partial charge in [0.05, 0.1) is 18.1 Å². The van der Waals surface area contributed by atoms with Crippen molar-refractivity contribution in [1.82, 2.24) is 0 Å². The third-order valence-corrected chi connectivity index (χ3v) is 4.08. The molecule has 0 aliphatic carbocycles. The largest absolute Gasteiger partial charge is 0.460 e. The second kappa shape index (κ2) is 7.99. The molecule has 1 aromatic carbocycles. The van der Waals surface area contributed by atoms with E-state index in [1.165, 1.54) is 7.11 Å². The molecule has 7 heteroatoms. The van der Waals surface area contributed by atoms with Crippen molar-refractivity contribution in [3.05, 3.63) is 57.1 Å². The first kappa shape index (κ1) is 18.0. The van der Waals surface area contributed by atoms with Gasteiger partial charge in [0.1, 0.15) is 24.0 Å². The van der Waals surface area contributed by atoms with Crippen LogP contribution in [0.3, 0.4) is 0 Å². The van der Waals surface area contributed by atoms with Gasteiger partial charge in [0.15, 0.2) is 0 Å². The Hall–Kier alpha value is -2.30. The van der Waals surface area contributed by atoms with E-state index in [1.54, 1.807) is 6.92 Å². The van der Waals surface area contributed by atoms with Crippen molar-refractivity contribution in [1.29, 1.82) is 5.26 Å². The van der Waals surface area contributed by atoms with Gasteiger partial charge in [0.2, 0.25) is 5.88 Å². The van der Waals surface area contributed by atoms with Crippen LogP contribution in [0.1, 0.15) is 18.4 Å². The number of allylic oxidation sites excluding steroid dienone is 2. The van der Waals surface area contributed by atoms with Crippen LogP contribution >= 0.6 is 15.9 Å². The highest BCUT2D eigenvalue weighted by Gasteiger charge is 2.36. The van der Waals surface area contributed by atoms with Gasteiger partial charge in [-0.25, -0.2) is 4.79 Å². The minimum atomic E-state index is -0.633. The summed E-state index contributed by atoms with van der Waals surface area (Å²) in [6.07, 6.45) is 0. The predicted molar refractivity (Wildman–Crippen MR) is 90.3 cm³/mol. The molecule has 0 saturated heterocycles. The molecule has 24 heavy (non-hydrogen) atoms. The molecule has 2 N–H and O–H groups in total. The summed E-state index contributed by atoms with van der Waals surface area (Å²) in [7, 11) is 1.52. The predicted octanol–water partition coefficient (Wildman–Crippen LogP) is 2.72. The Balaban J connectivity index is 2.45. The second-order valence-corrected chi connectivity index (χ2v) is 5.99. The van der Waals surface area contributed by atoms with Gasteiger partial charge in [0, 0.05) is 11.6 Å². The maximum absolute atomic E-state index is 12.5. The number of nitrogens with zero attached hydrogens (tertiary/aromatic N) is 1. The number of carbonyl (C=O) groups excluding carboxylic acids is 1. The number of hydrogen-bond acceptors (Lipinski definition) is 6. The molecule has 0 unspecified atom stereocenters. The average Bonchev–Trinajstić information content (AvgIpc) is 2.55. The first-order valence-electron chi connectivity index (χ1n) is 7.19. The molecule has 1 aromatic rings. The summed E-state index contributed by atoms with van der Waals surface area (Å²) < 4.78 is 16.4. The van der Waals surface area contributed by atoms with Gasteiger partial charge in [-0.1, -0.05) is 28.1 Å². The van der Waals surface area contributed by atoms with Crippen LogP contribution in [-0.2, 0) is 19.0 Å². The molecule has 1 heterocycles. The maximum Gasteiger partial charge on any atom is 0.338 e. The number of benzene rings is 1. The van der Waals surface area contributed by atoms with Crippen molar-refractivity contribution in [3.8, 4) is 6.07 Å². The summed E-state index contributed by atoms with van der Waals surface area (Å²) in [6.45, 7) is 2.02. The fourth-order valence-corrected chi connectivity index (χ4v) is 2.69. The number of ether oxygens (including phenoxy) is 3. The maximum atomic E-state index is 12.5. The lowest BCUT2D eigenvalue weighted by atomic mass is 9.83. The number of nitrogens with two attached hydrogens (primary N) is 1. The molecule has 1 aliphatic heterocycles. The summed E-state index contributed by atoms with van der Waals surface area (Å²) >= 11 is 3.37. The topological polar surface area (TPSA) is 94.6 Å². The van der Waals surface area contributed by atoms with Crippen molar-refractivity contribution in [3.63, 3.8) is 0 Å². The van der Waals surface area contributed by atoms with Crippen LogP contribution in [-0.4, -0.2) is 26.3 Å². The van der Waals surface area contributed by atoms with E-state index in [0.717, 1.165) is 10.0 Å². The number of hydrogen-bond donors (Lipinski definition) is 1. The van der Waals surface area contributed by atoms with Gasteiger partial charge in [-0.2, -0.15) is 5.26 Å². The molecular weight excluding hydrogens is 376 g/mol. The molecule has 126 valence electrons. The zero-order valence-corrected chi connectivity index (χ0v) is 14.9. The summed E-state index contributed by atoms with van der Waals surface area (Å²) in [5.74, 6) is -0.872. The summed E-state index contributed by atoms with van der Waals surface area (Å²) in [4.78, 5) is 12.5. The lowest BCUT2D eigenvalue weighted by Crippen LogP contribution is -2.26. The zero-order valence-electron chi connectivity index (χ0n) is 13.3. The average molecular weight is 393 g/mol. The van der Waals surface area contributed by atoms with Crippen LogP contribution in [0.4, 0.5) is 0 Å². The van der Waals surface area contributed by atoms with E-state index >= 15 is 0 Å². The highest BCUT2D eigenvalue weighted by atomic mass is 79.9. The molecule has 1 aliphatic rings. The van der Waals surface area contributed by atoms with Crippen LogP contribution in [0.2, 0.25) is 0 Å². The van der Waals surface area contributed by atoms with E-state index in [2.05, 4.69) is 15.9 Å². The molecule has 0 spiro atoms. The fraction of sp³-hybridized carbons (Fsp3) is 0.294. The SMILES string of the molecule is COCCOC(=O)C1=C(C)OC(N)=C(C#N)[C@@H]1c1ccc(Br)cc1. The van der Waals surface area contributed by atoms with Crippen molar-refractivity contribution in [2.24, 2.45) is 5.73 Å². The number of nitriles is 1. The van der Waals surface area contributed by atoms with E-state index in [1.807, 2.05) is 30.3 Å². The highest BCUT2D eigenvalue weighted by Crippen LogP contribution is 2.39. The summed E-state index contributed by atoms with van der Waals surface area (Å²) in [5, 5.41) is 9.48. The molecule has 0 aromatic heterocycles. The van der Waals surface area contributed by atoms with Gasteiger partial charge < -0.3 is 19.9 Å². The zero-order chi connectivity index (χ0) is 17.7. The van der Waals surface area contributed by atoms with Crippen molar-refractivity contribution < 1.29 is 19.0 Å². The first-order chi connectivity index (χ1) is 11.5. The lowest BCUT2D eigenvalue weighted by Gasteiger charge is -2.26. The number of esters is 1. The minimum absolute atomic E-state index is 0.00337. The standard InChI is InChI=1S/C17H17BrN2O4/c1-10-14(17(21)23-8-7-22-2)15(13(9-19)16(20)24-10)11-3-5-12(18)6-4-11/h3-6,15H,7-8,20H2,1-2H3/t15-/m0/s1. The van der Waals surface area contributed by atoms with E-state index in [9.17, 15) is 10.1 Å². The normalized spacial score (nSPS) is 17.3. The van der Waals surface area contributed by atoms with E-state index in [-0.39, 0.29) is 30.2 Å². The van der Waals surface area contributed by atoms with Crippen molar-refractivity contribution in [2.75, 3.05) is 20.3 Å². The number of carbonyl (C=O) groups is 1. The highest BCUT2D eigenvalue weighted by molar-refractivity contribution is 9.10. The molecular formula is C17H17BrN2O4. The quantitative estimate of drug-likeness (QED) is 0.611.